The molecule has 0 atom stereocenters. The summed E-state index contributed by atoms with van der Waals surface area (Å²) < 4.78 is 10.6. The molecule has 7 nitrogen and oxygen atoms in total. The van der Waals surface area contributed by atoms with Crippen LogP contribution in [0.4, 0.5) is 5.69 Å². The number of carbonyl (C=O) groups excluding carboxylic acids is 2. The summed E-state index contributed by atoms with van der Waals surface area (Å²) in [7, 11) is 3.17. The zero-order valence-electron chi connectivity index (χ0n) is 16.2. The Morgan fingerprint density at radius 3 is 2.54 bits per heavy atom. The van der Waals surface area contributed by atoms with Crippen molar-refractivity contribution in [2.24, 2.45) is 5.10 Å². The predicted octanol–water partition coefficient (Wildman–Crippen LogP) is 3.30. The molecule has 146 valence electrons. The van der Waals surface area contributed by atoms with Crippen LogP contribution in [0.15, 0.2) is 47.6 Å². The second-order valence-electron chi connectivity index (χ2n) is 6.38. The summed E-state index contributed by atoms with van der Waals surface area (Å²) in [6, 6.07) is 12.5. The average molecular weight is 381 g/mol. The van der Waals surface area contributed by atoms with Gasteiger partial charge in [0.25, 0.3) is 5.91 Å². The fourth-order valence-corrected chi connectivity index (χ4v) is 3.11. The number of hydrogen-bond acceptors (Lipinski definition) is 5. The molecule has 7 heteroatoms. The fraction of sp³-hybridized carbons (Fsp3) is 0.286. The van der Waals surface area contributed by atoms with Crippen molar-refractivity contribution < 1.29 is 19.1 Å². The van der Waals surface area contributed by atoms with Gasteiger partial charge in [-0.2, -0.15) is 5.10 Å². The molecule has 0 saturated carbocycles. The lowest BCUT2D eigenvalue weighted by Gasteiger charge is -2.25. The quantitative estimate of drug-likeness (QED) is 0.862. The van der Waals surface area contributed by atoms with E-state index in [9.17, 15) is 9.59 Å². The molecule has 0 aromatic heterocycles. The first-order chi connectivity index (χ1) is 13.5. The Bertz CT molecular complexity index is 924. The number of ether oxygens (including phenoxy) is 2. The SMILES string of the molecule is COc1ccc(C2=NN(C(=O)c3ccccc3NC(C)=O)CCC2)cc1OC. The molecule has 1 aliphatic heterocycles. The van der Waals surface area contributed by atoms with E-state index >= 15 is 0 Å². The fourth-order valence-electron chi connectivity index (χ4n) is 3.11. The van der Waals surface area contributed by atoms with E-state index in [2.05, 4.69) is 10.4 Å². The highest BCUT2D eigenvalue weighted by Crippen LogP contribution is 2.29. The van der Waals surface area contributed by atoms with Crippen LogP contribution in [0.25, 0.3) is 0 Å². The first-order valence-corrected chi connectivity index (χ1v) is 9.02. The average Bonchev–Trinajstić information content (AvgIpc) is 2.72. The number of benzene rings is 2. The zero-order valence-corrected chi connectivity index (χ0v) is 16.2. The summed E-state index contributed by atoms with van der Waals surface area (Å²) in [6.45, 7) is 1.93. The molecule has 0 radical (unpaired) electrons. The Hall–Kier alpha value is -3.35. The molecule has 0 spiro atoms. The number of nitrogens with zero attached hydrogens (tertiary/aromatic N) is 2. The normalized spacial score (nSPS) is 13.5. The second-order valence-corrected chi connectivity index (χ2v) is 6.38. The van der Waals surface area contributed by atoms with Crippen LogP contribution in [0.2, 0.25) is 0 Å². The predicted molar refractivity (Wildman–Crippen MR) is 107 cm³/mol. The van der Waals surface area contributed by atoms with Gasteiger partial charge in [-0.05, 0) is 43.2 Å². The van der Waals surface area contributed by atoms with Crippen LogP contribution < -0.4 is 14.8 Å². The van der Waals surface area contributed by atoms with Crippen LogP contribution in [-0.4, -0.2) is 43.3 Å². The molecule has 2 aromatic rings. The number of hydrogen-bond donors (Lipinski definition) is 1. The highest BCUT2D eigenvalue weighted by atomic mass is 16.5. The second kappa shape index (κ2) is 8.56. The van der Waals surface area contributed by atoms with Crippen molar-refractivity contribution in [3.63, 3.8) is 0 Å². The number of anilines is 1. The molecule has 0 bridgehead atoms. The third-order valence-electron chi connectivity index (χ3n) is 4.44. The van der Waals surface area contributed by atoms with E-state index in [1.54, 1.807) is 38.5 Å². The number of methoxy groups -OCH3 is 2. The molecule has 1 heterocycles. The molecule has 0 unspecified atom stereocenters. The Balaban J connectivity index is 1.90. The van der Waals surface area contributed by atoms with Crippen LogP contribution in [0.5, 0.6) is 11.5 Å². The smallest absolute Gasteiger partial charge is 0.276 e. The van der Waals surface area contributed by atoms with Gasteiger partial charge in [-0.3, -0.25) is 9.59 Å². The number of nitrogens with one attached hydrogen (secondary N) is 1. The summed E-state index contributed by atoms with van der Waals surface area (Å²) in [6.07, 6.45) is 1.55. The van der Waals surface area contributed by atoms with Gasteiger partial charge in [0.05, 0.1) is 31.2 Å². The number of rotatable bonds is 5. The minimum absolute atomic E-state index is 0.228. The lowest BCUT2D eigenvalue weighted by atomic mass is 10.0. The molecule has 3 rings (SSSR count). The molecule has 1 aliphatic rings. The van der Waals surface area contributed by atoms with Crippen LogP contribution in [0, 0.1) is 0 Å². The highest BCUT2D eigenvalue weighted by Gasteiger charge is 2.23. The summed E-state index contributed by atoms with van der Waals surface area (Å²) in [5, 5.41) is 8.72. The van der Waals surface area contributed by atoms with Gasteiger partial charge in [0.2, 0.25) is 5.91 Å². The van der Waals surface area contributed by atoms with E-state index < -0.39 is 0 Å². The third-order valence-corrected chi connectivity index (χ3v) is 4.44. The van der Waals surface area contributed by atoms with E-state index in [0.29, 0.717) is 29.3 Å². The maximum Gasteiger partial charge on any atom is 0.276 e. The Morgan fingerprint density at radius 1 is 1.07 bits per heavy atom. The van der Waals surface area contributed by atoms with Gasteiger partial charge in [-0.15, -0.1) is 0 Å². The van der Waals surface area contributed by atoms with Crippen molar-refractivity contribution in [1.29, 1.82) is 0 Å². The van der Waals surface area contributed by atoms with E-state index in [1.807, 2.05) is 18.2 Å². The van der Waals surface area contributed by atoms with Gasteiger partial charge in [0.15, 0.2) is 11.5 Å². The van der Waals surface area contributed by atoms with Gasteiger partial charge in [-0.1, -0.05) is 12.1 Å². The van der Waals surface area contributed by atoms with Crippen LogP contribution in [0.3, 0.4) is 0 Å². The van der Waals surface area contributed by atoms with Gasteiger partial charge in [-0.25, -0.2) is 5.01 Å². The molecule has 28 heavy (non-hydrogen) atoms. The van der Waals surface area contributed by atoms with Crippen molar-refractivity contribution in [1.82, 2.24) is 5.01 Å². The van der Waals surface area contributed by atoms with Gasteiger partial charge in [0.1, 0.15) is 0 Å². The summed E-state index contributed by atoms with van der Waals surface area (Å²) >= 11 is 0. The maximum atomic E-state index is 13.0. The monoisotopic (exact) mass is 381 g/mol. The minimum Gasteiger partial charge on any atom is -0.493 e. The Morgan fingerprint density at radius 2 is 1.82 bits per heavy atom. The molecule has 2 aromatic carbocycles. The summed E-state index contributed by atoms with van der Waals surface area (Å²) in [4.78, 5) is 24.5. The zero-order chi connectivity index (χ0) is 20.1. The lowest BCUT2D eigenvalue weighted by Crippen LogP contribution is -2.32. The number of carbonyl (C=O) groups is 2. The molecule has 0 saturated heterocycles. The van der Waals surface area contributed by atoms with E-state index in [1.165, 1.54) is 11.9 Å². The summed E-state index contributed by atoms with van der Waals surface area (Å²) in [5.41, 5.74) is 2.58. The molecule has 0 fully saturated rings. The molecule has 2 amide bonds. The number of amides is 2. The van der Waals surface area contributed by atoms with Gasteiger partial charge >= 0.3 is 0 Å². The molecular weight excluding hydrogens is 358 g/mol. The minimum atomic E-state index is -0.248. The Labute approximate surface area is 163 Å². The van der Waals surface area contributed by atoms with Gasteiger partial charge in [0, 0.05) is 19.0 Å². The third kappa shape index (κ3) is 4.14. The van der Waals surface area contributed by atoms with E-state index in [-0.39, 0.29) is 11.8 Å². The first-order valence-electron chi connectivity index (χ1n) is 9.02. The van der Waals surface area contributed by atoms with Crippen molar-refractivity contribution >= 4 is 23.2 Å². The largest absolute Gasteiger partial charge is 0.493 e. The van der Waals surface area contributed by atoms with Crippen LogP contribution in [-0.2, 0) is 4.79 Å². The number of hydrazone groups is 1. The maximum absolute atomic E-state index is 13.0. The standard InChI is InChI=1S/C21H23N3O4/c1-14(25)22-18-8-5-4-7-16(18)21(26)24-12-6-9-17(23-24)15-10-11-19(27-2)20(13-15)28-3/h4-5,7-8,10-11,13H,6,9,12H2,1-3H3,(H,22,25). The Kier molecular flexibility index (Phi) is 5.93. The lowest BCUT2D eigenvalue weighted by molar-refractivity contribution is -0.114. The molecular formula is C21H23N3O4. The van der Waals surface area contributed by atoms with Crippen LogP contribution >= 0.6 is 0 Å². The van der Waals surface area contributed by atoms with Crippen molar-refractivity contribution in [2.75, 3.05) is 26.1 Å². The van der Waals surface area contributed by atoms with E-state index in [0.717, 1.165) is 24.1 Å². The van der Waals surface area contributed by atoms with Crippen molar-refractivity contribution in [2.45, 2.75) is 19.8 Å². The van der Waals surface area contributed by atoms with Crippen molar-refractivity contribution in [3.05, 3.63) is 53.6 Å². The van der Waals surface area contributed by atoms with Gasteiger partial charge < -0.3 is 14.8 Å². The summed E-state index contributed by atoms with van der Waals surface area (Å²) in [5.74, 6) is 0.775. The first kappa shape index (κ1) is 19.4. The van der Waals surface area contributed by atoms with E-state index in [4.69, 9.17) is 9.47 Å². The molecule has 1 N–H and O–H groups in total. The molecule has 0 aliphatic carbocycles. The highest BCUT2D eigenvalue weighted by molar-refractivity contribution is 6.06. The topological polar surface area (TPSA) is 80.2 Å². The van der Waals surface area contributed by atoms with Crippen molar-refractivity contribution in [3.8, 4) is 11.5 Å². The van der Waals surface area contributed by atoms with Crippen LogP contribution in [0.1, 0.15) is 35.7 Å². The number of para-hydroxylation sites is 1.